The minimum absolute atomic E-state index is 0.275. The maximum Gasteiger partial charge on any atom is 0.295 e. The second-order valence-electron chi connectivity index (χ2n) is 6.73. The first kappa shape index (κ1) is 17.3. The SMILES string of the molecule is Cc1[nH]c2ccccc2c1C(=O)C(=O)N1CCN(c2ccccc2F)CC1. The number of fused-ring (bicyclic) bond motifs is 1. The maximum atomic E-state index is 14.0. The molecule has 0 aliphatic carbocycles. The molecule has 5 nitrogen and oxygen atoms in total. The van der Waals surface area contributed by atoms with Gasteiger partial charge in [-0.25, -0.2) is 4.39 Å². The van der Waals surface area contributed by atoms with Crippen LogP contribution in [0.5, 0.6) is 0 Å². The first-order valence-electron chi connectivity index (χ1n) is 8.96. The third-order valence-corrected chi connectivity index (χ3v) is 5.07. The van der Waals surface area contributed by atoms with Crippen molar-refractivity contribution in [2.24, 2.45) is 0 Å². The third kappa shape index (κ3) is 3.07. The Morgan fingerprint density at radius 1 is 0.963 bits per heavy atom. The number of aromatic amines is 1. The van der Waals surface area contributed by atoms with Gasteiger partial charge in [0.2, 0.25) is 0 Å². The molecule has 1 amide bonds. The lowest BCUT2D eigenvalue weighted by Gasteiger charge is -2.35. The Morgan fingerprint density at radius 2 is 1.63 bits per heavy atom. The van der Waals surface area contributed by atoms with Crippen LogP contribution in [0.4, 0.5) is 10.1 Å². The van der Waals surface area contributed by atoms with Gasteiger partial charge in [0.05, 0.1) is 11.3 Å². The molecule has 0 spiro atoms. The Morgan fingerprint density at radius 3 is 2.37 bits per heavy atom. The summed E-state index contributed by atoms with van der Waals surface area (Å²) < 4.78 is 14.0. The van der Waals surface area contributed by atoms with Crippen molar-refractivity contribution in [3.05, 3.63) is 65.6 Å². The lowest BCUT2D eigenvalue weighted by molar-refractivity contribution is -0.126. The highest BCUT2D eigenvalue weighted by Crippen LogP contribution is 2.24. The van der Waals surface area contributed by atoms with Gasteiger partial charge in [-0.15, -0.1) is 0 Å². The topological polar surface area (TPSA) is 56.4 Å². The number of benzene rings is 2. The number of nitrogens with zero attached hydrogens (tertiary/aromatic N) is 2. The molecular formula is C21H20FN3O2. The molecule has 0 bridgehead atoms. The first-order chi connectivity index (χ1) is 13.1. The molecular weight excluding hydrogens is 345 g/mol. The number of anilines is 1. The van der Waals surface area contributed by atoms with Crippen molar-refractivity contribution < 1.29 is 14.0 Å². The number of carbonyl (C=O) groups excluding carboxylic acids is 2. The van der Waals surface area contributed by atoms with E-state index in [1.807, 2.05) is 29.2 Å². The van der Waals surface area contributed by atoms with E-state index in [-0.39, 0.29) is 5.82 Å². The number of nitrogens with one attached hydrogen (secondary N) is 1. The summed E-state index contributed by atoms with van der Waals surface area (Å²) in [4.78, 5) is 32.3. The van der Waals surface area contributed by atoms with Gasteiger partial charge in [-0.2, -0.15) is 0 Å². The van der Waals surface area contributed by atoms with E-state index in [9.17, 15) is 14.0 Å². The maximum absolute atomic E-state index is 14.0. The van der Waals surface area contributed by atoms with Crippen LogP contribution < -0.4 is 4.90 Å². The second-order valence-corrected chi connectivity index (χ2v) is 6.73. The average Bonchev–Trinajstić information content (AvgIpc) is 3.03. The number of aryl methyl sites for hydroxylation is 1. The van der Waals surface area contributed by atoms with Crippen LogP contribution in [0.25, 0.3) is 10.9 Å². The molecule has 138 valence electrons. The Hall–Kier alpha value is -3.15. The van der Waals surface area contributed by atoms with Crippen molar-refractivity contribution in [1.29, 1.82) is 0 Å². The van der Waals surface area contributed by atoms with Gasteiger partial charge >= 0.3 is 0 Å². The van der Waals surface area contributed by atoms with E-state index >= 15 is 0 Å². The van der Waals surface area contributed by atoms with Gasteiger partial charge in [-0.05, 0) is 25.1 Å². The molecule has 1 aliphatic heterocycles. The Bertz CT molecular complexity index is 1020. The number of carbonyl (C=O) groups is 2. The zero-order valence-corrected chi connectivity index (χ0v) is 15.0. The average molecular weight is 365 g/mol. The number of aromatic nitrogens is 1. The smallest absolute Gasteiger partial charge is 0.295 e. The minimum Gasteiger partial charge on any atom is -0.366 e. The zero-order valence-electron chi connectivity index (χ0n) is 15.0. The number of Topliss-reactive ketones (excluding diaryl/α,β-unsaturated/α-hetero) is 1. The molecule has 3 aromatic rings. The summed E-state index contributed by atoms with van der Waals surface area (Å²) in [5.74, 6) is -1.27. The van der Waals surface area contributed by atoms with E-state index in [1.165, 1.54) is 6.07 Å². The molecule has 1 N–H and O–H groups in total. The van der Waals surface area contributed by atoms with Crippen LogP contribution in [0.15, 0.2) is 48.5 Å². The molecule has 4 rings (SSSR count). The van der Waals surface area contributed by atoms with Crippen LogP contribution in [0, 0.1) is 12.7 Å². The second kappa shape index (κ2) is 6.87. The molecule has 27 heavy (non-hydrogen) atoms. The number of para-hydroxylation sites is 2. The summed E-state index contributed by atoms with van der Waals surface area (Å²) in [7, 11) is 0. The molecule has 1 aliphatic rings. The molecule has 1 fully saturated rings. The molecule has 0 saturated carbocycles. The van der Waals surface area contributed by atoms with Crippen LogP contribution in [0.2, 0.25) is 0 Å². The Balaban J connectivity index is 1.50. The van der Waals surface area contributed by atoms with Gasteiger partial charge in [0.25, 0.3) is 11.7 Å². The van der Waals surface area contributed by atoms with Crippen molar-refractivity contribution >= 4 is 28.3 Å². The van der Waals surface area contributed by atoms with Crippen LogP contribution in [0.3, 0.4) is 0 Å². The summed E-state index contributed by atoms with van der Waals surface area (Å²) in [6, 6.07) is 14.1. The van der Waals surface area contributed by atoms with Crippen LogP contribution in [-0.2, 0) is 4.79 Å². The highest BCUT2D eigenvalue weighted by atomic mass is 19.1. The highest BCUT2D eigenvalue weighted by Gasteiger charge is 2.30. The summed E-state index contributed by atoms with van der Waals surface area (Å²) in [6.45, 7) is 3.57. The van der Waals surface area contributed by atoms with Crippen LogP contribution in [-0.4, -0.2) is 47.8 Å². The summed E-state index contributed by atoms with van der Waals surface area (Å²) in [6.07, 6.45) is 0. The van der Waals surface area contributed by atoms with Crippen LogP contribution >= 0.6 is 0 Å². The number of rotatable bonds is 3. The van der Waals surface area contributed by atoms with Gasteiger partial charge < -0.3 is 14.8 Å². The molecule has 0 radical (unpaired) electrons. The largest absolute Gasteiger partial charge is 0.366 e. The molecule has 6 heteroatoms. The Labute approximate surface area is 156 Å². The number of piperazine rings is 1. The lowest BCUT2D eigenvalue weighted by Crippen LogP contribution is -2.50. The van der Waals surface area contributed by atoms with Gasteiger partial charge in [0, 0.05) is 42.8 Å². The molecule has 0 unspecified atom stereocenters. The zero-order chi connectivity index (χ0) is 19.0. The highest BCUT2D eigenvalue weighted by molar-refractivity contribution is 6.45. The monoisotopic (exact) mass is 365 g/mol. The summed E-state index contributed by atoms with van der Waals surface area (Å²) in [5, 5.41) is 0.762. The van der Waals surface area contributed by atoms with Crippen molar-refractivity contribution in [3.8, 4) is 0 Å². The van der Waals surface area contributed by atoms with Crippen molar-refractivity contribution in [3.63, 3.8) is 0 Å². The standard InChI is InChI=1S/C21H20FN3O2/c1-14-19(15-6-2-4-8-17(15)23-14)20(26)21(27)25-12-10-24(11-13-25)18-9-5-3-7-16(18)22/h2-9,23H,10-13H2,1H3. The lowest BCUT2D eigenvalue weighted by atomic mass is 10.1. The van der Waals surface area contributed by atoms with E-state index in [4.69, 9.17) is 0 Å². The van der Waals surface area contributed by atoms with Gasteiger partial charge in [-0.3, -0.25) is 9.59 Å². The van der Waals surface area contributed by atoms with Crippen molar-refractivity contribution in [1.82, 2.24) is 9.88 Å². The molecule has 2 aromatic carbocycles. The number of ketones is 1. The number of amides is 1. The van der Waals surface area contributed by atoms with E-state index in [2.05, 4.69) is 4.98 Å². The van der Waals surface area contributed by atoms with Gasteiger partial charge in [0.15, 0.2) is 0 Å². The van der Waals surface area contributed by atoms with Gasteiger partial charge in [-0.1, -0.05) is 30.3 Å². The van der Waals surface area contributed by atoms with E-state index in [1.54, 1.807) is 30.0 Å². The van der Waals surface area contributed by atoms with Crippen molar-refractivity contribution in [2.45, 2.75) is 6.92 Å². The van der Waals surface area contributed by atoms with Gasteiger partial charge in [0.1, 0.15) is 5.82 Å². The Kier molecular flexibility index (Phi) is 4.39. The predicted octanol–water partition coefficient (Wildman–Crippen LogP) is 3.15. The first-order valence-corrected chi connectivity index (χ1v) is 8.96. The minimum atomic E-state index is -0.504. The molecule has 2 heterocycles. The predicted molar refractivity (Wildman–Crippen MR) is 103 cm³/mol. The number of hydrogen-bond acceptors (Lipinski definition) is 3. The fourth-order valence-corrected chi connectivity index (χ4v) is 3.68. The fraction of sp³-hybridized carbons (Fsp3) is 0.238. The van der Waals surface area contributed by atoms with Crippen LogP contribution in [0.1, 0.15) is 16.1 Å². The number of hydrogen-bond donors (Lipinski definition) is 1. The molecule has 1 saturated heterocycles. The fourth-order valence-electron chi connectivity index (χ4n) is 3.68. The summed E-state index contributed by atoms with van der Waals surface area (Å²) >= 11 is 0. The van der Waals surface area contributed by atoms with E-state index in [0.29, 0.717) is 43.1 Å². The normalized spacial score (nSPS) is 14.6. The number of halogens is 1. The summed E-state index contributed by atoms with van der Waals surface area (Å²) in [5.41, 5.74) is 2.51. The van der Waals surface area contributed by atoms with E-state index in [0.717, 1.165) is 10.9 Å². The van der Waals surface area contributed by atoms with E-state index < -0.39 is 11.7 Å². The third-order valence-electron chi connectivity index (χ3n) is 5.07. The quantitative estimate of drug-likeness (QED) is 0.573. The van der Waals surface area contributed by atoms with Crippen molar-refractivity contribution in [2.75, 3.05) is 31.1 Å². The molecule has 1 aromatic heterocycles. The molecule has 0 atom stereocenters. The number of H-pyrrole nitrogens is 1.